The van der Waals surface area contributed by atoms with Gasteiger partial charge in [0.2, 0.25) is 0 Å². The lowest BCUT2D eigenvalue weighted by molar-refractivity contribution is 0.319. The van der Waals surface area contributed by atoms with E-state index in [4.69, 9.17) is 5.73 Å². The molecule has 1 fully saturated rings. The summed E-state index contributed by atoms with van der Waals surface area (Å²) in [4.78, 5) is 4.42. The molecule has 2 nitrogen and oxygen atoms in total. The minimum absolute atomic E-state index is 0.149. The molecule has 2 N–H and O–H groups in total. The van der Waals surface area contributed by atoms with Crippen molar-refractivity contribution < 1.29 is 0 Å². The molecule has 1 aromatic heterocycles. The minimum atomic E-state index is 0.149. The molecule has 1 unspecified atom stereocenters. The van der Waals surface area contributed by atoms with Gasteiger partial charge in [-0.3, -0.25) is 4.98 Å². The second-order valence-electron chi connectivity index (χ2n) is 5.76. The Morgan fingerprint density at radius 1 is 1.11 bits per heavy atom. The molecule has 19 heavy (non-hydrogen) atoms. The van der Waals surface area contributed by atoms with E-state index in [1.165, 1.54) is 43.1 Å². The fourth-order valence-corrected chi connectivity index (χ4v) is 3.36. The second-order valence-corrected chi connectivity index (χ2v) is 5.76. The van der Waals surface area contributed by atoms with E-state index in [0.717, 1.165) is 17.9 Å². The van der Waals surface area contributed by atoms with E-state index in [0.29, 0.717) is 0 Å². The van der Waals surface area contributed by atoms with Gasteiger partial charge in [0.05, 0.1) is 5.52 Å². The summed E-state index contributed by atoms with van der Waals surface area (Å²) in [5.41, 5.74) is 8.78. The first-order chi connectivity index (χ1) is 9.34. The Morgan fingerprint density at radius 2 is 1.95 bits per heavy atom. The monoisotopic (exact) mass is 254 g/mol. The Bertz CT molecular complexity index is 538. The first kappa shape index (κ1) is 12.6. The number of hydrogen-bond donors (Lipinski definition) is 1. The summed E-state index contributed by atoms with van der Waals surface area (Å²) in [5.74, 6) is 0.815. The molecule has 2 heteroatoms. The van der Waals surface area contributed by atoms with Gasteiger partial charge in [-0.05, 0) is 30.0 Å². The highest BCUT2D eigenvalue weighted by Crippen LogP contribution is 2.32. The van der Waals surface area contributed by atoms with Crippen LogP contribution in [0.15, 0.2) is 36.5 Å². The molecule has 0 amide bonds. The minimum Gasteiger partial charge on any atom is -0.324 e. The van der Waals surface area contributed by atoms with Gasteiger partial charge in [-0.1, -0.05) is 50.3 Å². The average Bonchev–Trinajstić information content (AvgIpc) is 2.47. The van der Waals surface area contributed by atoms with Crippen molar-refractivity contribution in [2.45, 2.75) is 44.6 Å². The molecule has 0 bridgehead atoms. The van der Waals surface area contributed by atoms with Crippen molar-refractivity contribution in [1.29, 1.82) is 0 Å². The Morgan fingerprint density at radius 3 is 2.79 bits per heavy atom. The Balaban J connectivity index is 1.82. The van der Waals surface area contributed by atoms with Crippen LogP contribution in [0.5, 0.6) is 0 Å². The van der Waals surface area contributed by atoms with Crippen LogP contribution in [0.2, 0.25) is 0 Å². The second kappa shape index (κ2) is 5.70. The molecule has 3 rings (SSSR count). The van der Waals surface area contributed by atoms with Crippen LogP contribution in [0, 0.1) is 5.92 Å². The van der Waals surface area contributed by atoms with Crippen LogP contribution in [-0.2, 0) is 0 Å². The van der Waals surface area contributed by atoms with Crippen molar-refractivity contribution in [3.63, 3.8) is 0 Å². The lowest BCUT2D eigenvalue weighted by atomic mass is 9.83. The van der Waals surface area contributed by atoms with Crippen molar-refractivity contribution in [3.05, 3.63) is 42.1 Å². The molecule has 1 aliphatic rings. The van der Waals surface area contributed by atoms with Crippen molar-refractivity contribution in [2.75, 3.05) is 0 Å². The number of pyridine rings is 1. The molecule has 1 aromatic carbocycles. The number of rotatable bonds is 3. The summed E-state index contributed by atoms with van der Waals surface area (Å²) in [6, 6.07) is 10.6. The summed E-state index contributed by atoms with van der Waals surface area (Å²) in [5, 5.41) is 1.22. The van der Waals surface area contributed by atoms with Gasteiger partial charge in [0.25, 0.3) is 0 Å². The fraction of sp³-hybridized carbons (Fsp3) is 0.471. The average molecular weight is 254 g/mol. The number of fused-ring (bicyclic) bond motifs is 1. The van der Waals surface area contributed by atoms with Gasteiger partial charge in [0.15, 0.2) is 0 Å². The fourth-order valence-electron chi connectivity index (χ4n) is 3.36. The number of hydrogen-bond acceptors (Lipinski definition) is 2. The zero-order chi connectivity index (χ0) is 13.1. The zero-order valence-corrected chi connectivity index (χ0v) is 11.4. The molecule has 1 aliphatic carbocycles. The van der Waals surface area contributed by atoms with Crippen molar-refractivity contribution in [2.24, 2.45) is 11.7 Å². The number of nitrogens with zero attached hydrogens (tertiary/aromatic N) is 1. The first-order valence-corrected chi connectivity index (χ1v) is 7.44. The highest BCUT2D eigenvalue weighted by atomic mass is 14.7. The van der Waals surface area contributed by atoms with Crippen LogP contribution < -0.4 is 5.73 Å². The highest BCUT2D eigenvalue weighted by Gasteiger charge is 2.18. The van der Waals surface area contributed by atoms with Crippen LogP contribution in [0.3, 0.4) is 0 Å². The largest absolute Gasteiger partial charge is 0.324 e. The molecule has 0 saturated heterocycles. The van der Waals surface area contributed by atoms with Gasteiger partial charge in [-0.15, -0.1) is 0 Å². The van der Waals surface area contributed by atoms with Crippen LogP contribution in [0.4, 0.5) is 0 Å². The molecule has 0 aliphatic heterocycles. The third-order valence-electron chi connectivity index (χ3n) is 4.39. The first-order valence-electron chi connectivity index (χ1n) is 7.44. The van der Waals surface area contributed by atoms with Gasteiger partial charge in [-0.25, -0.2) is 0 Å². The predicted octanol–water partition coefficient (Wildman–Crippen LogP) is 4.21. The number of benzene rings is 1. The highest BCUT2D eigenvalue weighted by molar-refractivity contribution is 5.82. The molecule has 100 valence electrons. The third-order valence-corrected chi connectivity index (χ3v) is 4.39. The Kier molecular flexibility index (Phi) is 3.79. The summed E-state index contributed by atoms with van der Waals surface area (Å²) in [6.07, 6.45) is 9.85. The molecule has 1 saturated carbocycles. The number of aromatic nitrogens is 1. The van der Waals surface area contributed by atoms with Crippen molar-refractivity contribution in [1.82, 2.24) is 4.98 Å². The molecular weight excluding hydrogens is 232 g/mol. The standard InChI is InChI=1S/C17H22N2/c18-16(12-13-6-2-1-3-7-13)14-8-4-10-17-15(14)9-5-11-19-17/h4-5,8-11,13,16H,1-3,6-7,12,18H2. The van der Waals surface area contributed by atoms with E-state index >= 15 is 0 Å². The molecular formula is C17H22N2. The van der Waals surface area contributed by atoms with E-state index in [9.17, 15) is 0 Å². The van der Waals surface area contributed by atoms with Gasteiger partial charge >= 0.3 is 0 Å². The Hall–Kier alpha value is -1.41. The molecule has 1 heterocycles. The maximum Gasteiger partial charge on any atom is 0.0705 e. The smallest absolute Gasteiger partial charge is 0.0705 e. The zero-order valence-electron chi connectivity index (χ0n) is 11.4. The van der Waals surface area contributed by atoms with Gasteiger partial charge in [-0.2, -0.15) is 0 Å². The van der Waals surface area contributed by atoms with Crippen LogP contribution in [-0.4, -0.2) is 4.98 Å². The molecule has 2 aromatic rings. The topological polar surface area (TPSA) is 38.9 Å². The lowest BCUT2D eigenvalue weighted by Crippen LogP contribution is -2.17. The summed E-state index contributed by atoms with van der Waals surface area (Å²) >= 11 is 0. The van der Waals surface area contributed by atoms with Crippen molar-refractivity contribution >= 4 is 10.9 Å². The lowest BCUT2D eigenvalue weighted by Gasteiger charge is -2.25. The summed E-state index contributed by atoms with van der Waals surface area (Å²) in [7, 11) is 0. The number of nitrogens with two attached hydrogens (primary N) is 1. The normalized spacial score (nSPS) is 18.6. The summed E-state index contributed by atoms with van der Waals surface area (Å²) < 4.78 is 0. The SMILES string of the molecule is NC(CC1CCCCC1)c1cccc2ncccc12. The van der Waals surface area contributed by atoms with E-state index < -0.39 is 0 Å². The van der Waals surface area contributed by atoms with Crippen LogP contribution >= 0.6 is 0 Å². The van der Waals surface area contributed by atoms with Gasteiger partial charge in [0, 0.05) is 17.6 Å². The maximum absolute atomic E-state index is 6.46. The Labute approximate surface area is 115 Å². The van der Waals surface area contributed by atoms with Crippen molar-refractivity contribution in [3.8, 4) is 0 Å². The van der Waals surface area contributed by atoms with E-state index in [-0.39, 0.29) is 6.04 Å². The summed E-state index contributed by atoms with van der Waals surface area (Å²) in [6.45, 7) is 0. The molecule has 0 spiro atoms. The van der Waals surface area contributed by atoms with Crippen LogP contribution in [0.25, 0.3) is 10.9 Å². The van der Waals surface area contributed by atoms with Gasteiger partial charge in [0.1, 0.15) is 0 Å². The molecule has 0 radical (unpaired) electrons. The van der Waals surface area contributed by atoms with E-state index in [1.54, 1.807) is 0 Å². The van der Waals surface area contributed by atoms with E-state index in [1.807, 2.05) is 12.3 Å². The third kappa shape index (κ3) is 2.79. The maximum atomic E-state index is 6.46. The predicted molar refractivity (Wildman–Crippen MR) is 79.9 cm³/mol. The van der Waals surface area contributed by atoms with Crippen LogP contribution in [0.1, 0.15) is 50.1 Å². The van der Waals surface area contributed by atoms with Gasteiger partial charge < -0.3 is 5.73 Å². The molecule has 1 atom stereocenters. The quantitative estimate of drug-likeness (QED) is 0.891. The van der Waals surface area contributed by atoms with E-state index in [2.05, 4.69) is 29.2 Å².